The smallest absolute Gasteiger partial charge is 0.309 e. The standard InChI is InChI=1S/C15H27NO2/c1-10-4-6-13(7-5-10)15(17)18-14-8-11(2)16-12(3)9-14/h10-14,16H,4-9H2,1-3H3. The molecule has 2 fully saturated rings. The van der Waals surface area contributed by atoms with E-state index in [2.05, 4.69) is 26.1 Å². The zero-order valence-corrected chi connectivity index (χ0v) is 11.9. The Morgan fingerprint density at radius 1 is 1.00 bits per heavy atom. The van der Waals surface area contributed by atoms with Crippen molar-refractivity contribution < 1.29 is 9.53 Å². The Morgan fingerprint density at radius 2 is 1.56 bits per heavy atom. The normalized spacial score (nSPS) is 41.4. The van der Waals surface area contributed by atoms with Crippen molar-refractivity contribution in [3.05, 3.63) is 0 Å². The average Bonchev–Trinajstić information content (AvgIpc) is 2.28. The second kappa shape index (κ2) is 6.05. The highest BCUT2D eigenvalue weighted by molar-refractivity contribution is 5.72. The molecule has 0 amide bonds. The van der Waals surface area contributed by atoms with Gasteiger partial charge in [0.1, 0.15) is 6.10 Å². The van der Waals surface area contributed by atoms with Gasteiger partial charge in [-0.3, -0.25) is 4.79 Å². The minimum Gasteiger partial charge on any atom is -0.462 e. The van der Waals surface area contributed by atoms with Crippen LogP contribution in [0.1, 0.15) is 59.3 Å². The molecule has 3 heteroatoms. The number of ether oxygens (including phenoxy) is 1. The molecule has 104 valence electrons. The van der Waals surface area contributed by atoms with Crippen LogP contribution in [0.3, 0.4) is 0 Å². The minimum atomic E-state index is 0.0631. The van der Waals surface area contributed by atoms with Gasteiger partial charge >= 0.3 is 5.97 Å². The summed E-state index contributed by atoms with van der Waals surface area (Å²) in [6.07, 6.45) is 6.45. The zero-order valence-electron chi connectivity index (χ0n) is 11.9. The third-order valence-corrected chi connectivity index (χ3v) is 4.43. The van der Waals surface area contributed by atoms with E-state index >= 15 is 0 Å². The second-order valence-electron chi connectivity index (χ2n) is 6.46. The number of rotatable bonds is 2. The van der Waals surface area contributed by atoms with E-state index in [-0.39, 0.29) is 18.0 Å². The quantitative estimate of drug-likeness (QED) is 0.769. The van der Waals surface area contributed by atoms with Crippen molar-refractivity contribution >= 4 is 5.97 Å². The summed E-state index contributed by atoms with van der Waals surface area (Å²) in [5.74, 6) is 1.02. The number of carbonyl (C=O) groups excluding carboxylic acids is 1. The van der Waals surface area contributed by atoms with Crippen LogP contribution < -0.4 is 5.32 Å². The van der Waals surface area contributed by atoms with E-state index in [1.807, 2.05) is 0 Å². The lowest BCUT2D eigenvalue weighted by atomic mass is 9.83. The summed E-state index contributed by atoms with van der Waals surface area (Å²) >= 11 is 0. The van der Waals surface area contributed by atoms with Crippen LogP contribution in [0.15, 0.2) is 0 Å². The second-order valence-corrected chi connectivity index (χ2v) is 6.46. The van der Waals surface area contributed by atoms with Crippen LogP contribution in [0.2, 0.25) is 0 Å². The first kappa shape index (κ1) is 13.9. The molecule has 1 aliphatic carbocycles. The number of piperidine rings is 1. The lowest BCUT2D eigenvalue weighted by molar-refractivity contribution is -0.157. The highest BCUT2D eigenvalue weighted by Crippen LogP contribution is 2.30. The van der Waals surface area contributed by atoms with Gasteiger partial charge < -0.3 is 10.1 Å². The average molecular weight is 253 g/mol. The van der Waals surface area contributed by atoms with Gasteiger partial charge in [-0.1, -0.05) is 6.92 Å². The molecule has 1 heterocycles. The maximum atomic E-state index is 12.1. The van der Waals surface area contributed by atoms with Crippen LogP contribution in [0.25, 0.3) is 0 Å². The molecule has 0 spiro atoms. The van der Waals surface area contributed by atoms with E-state index in [1.54, 1.807) is 0 Å². The summed E-state index contributed by atoms with van der Waals surface area (Å²) in [6.45, 7) is 6.61. The lowest BCUT2D eigenvalue weighted by Gasteiger charge is -2.34. The summed E-state index contributed by atoms with van der Waals surface area (Å²) in [5.41, 5.74) is 0. The summed E-state index contributed by atoms with van der Waals surface area (Å²) < 4.78 is 5.73. The molecule has 18 heavy (non-hydrogen) atoms. The Bertz CT molecular complexity index is 274. The van der Waals surface area contributed by atoms with Crippen LogP contribution in [0.5, 0.6) is 0 Å². The van der Waals surface area contributed by atoms with Crippen molar-refractivity contribution in [2.24, 2.45) is 11.8 Å². The summed E-state index contributed by atoms with van der Waals surface area (Å²) in [5, 5.41) is 3.48. The van der Waals surface area contributed by atoms with Crippen LogP contribution >= 0.6 is 0 Å². The van der Waals surface area contributed by atoms with Crippen LogP contribution in [-0.2, 0) is 9.53 Å². The lowest BCUT2D eigenvalue weighted by Crippen LogP contribution is -2.46. The Hall–Kier alpha value is -0.570. The van der Waals surface area contributed by atoms with Crippen molar-refractivity contribution in [1.82, 2.24) is 5.32 Å². The molecule has 1 saturated carbocycles. The first-order valence-corrected chi connectivity index (χ1v) is 7.51. The topological polar surface area (TPSA) is 38.3 Å². The van der Waals surface area contributed by atoms with Crippen molar-refractivity contribution in [2.45, 2.75) is 77.5 Å². The maximum Gasteiger partial charge on any atom is 0.309 e. The zero-order chi connectivity index (χ0) is 13.1. The first-order valence-electron chi connectivity index (χ1n) is 7.51. The van der Waals surface area contributed by atoms with E-state index in [4.69, 9.17) is 4.74 Å². The highest BCUT2D eigenvalue weighted by atomic mass is 16.5. The molecule has 1 saturated heterocycles. The SMILES string of the molecule is CC1CCC(C(=O)OC2CC(C)NC(C)C2)CC1. The number of carbonyl (C=O) groups is 1. The number of hydrogen-bond acceptors (Lipinski definition) is 3. The molecule has 2 unspecified atom stereocenters. The predicted molar refractivity (Wildman–Crippen MR) is 72.3 cm³/mol. The van der Waals surface area contributed by atoms with Gasteiger partial charge in [-0.05, 0) is 58.3 Å². The molecule has 0 aromatic rings. The molecular weight excluding hydrogens is 226 g/mol. The number of hydrogen-bond donors (Lipinski definition) is 1. The molecule has 0 bridgehead atoms. The fourth-order valence-corrected chi connectivity index (χ4v) is 3.36. The van der Waals surface area contributed by atoms with Crippen molar-refractivity contribution in [3.8, 4) is 0 Å². The van der Waals surface area contributed by atoms with E-state index in [0.717, 1.165) is 31.6 Å². The van der Waals surface area contributed by atoms with E-state index in [9.17, 15) is 4.79 Å². The van der Waals surface area contributed by atoms with E-state index in [0.29, 0.717) is 12.1 Å². The van der Waals surface area contributed by atoms with Gasteiger partial charge in [-0.2, -0.15) is 0 Å². The molecule has 0 aromatic carbocycles. The Kier molecular flexibility index (Phi) is 4.66. The molecule has 0 radical (unpaired) electrons. The van der Waals surface area contributed by atoms with Gasteiger partial charge in [0.15, 0.2) is 0 Å². The van der Waals surface area contributed by atoms with Crippen LogP contribution in [0.4, 0.5) is 0 Å². The number of nitrogens with one attached hydrogen (secondary N) is 1. The van der Waals surface area contributed by atoms with Crippen LogP contribution in [0, 0.1) is 11.8 Å². The molecule has 0 aromatic heterocycles. The third kappa shape index (κ3) is 3.71. The highest BCUT2D eigenvalue weighted by Gasteiger charge is 2.30. The Balaban J connectivity index is 1.80. The fraction of sp³-hybridized carbons (Fsp3) is 0.933. The van der Waals surface area contributed by atoms with Gasteiger partial charge in [0, 0.05) is 12.1 Å². The maximum absolute atomic E-state index is 12.1. The largest absolute Gasteiger partial charge is 0.462 e. The number of esters is 1. The third-order valence-electron chi connectivity index (χ3n) is 4.43. The van der Waals surface area contributed by atoms with E-state index < -0.39 is 0 Å². The summed E-state index contributed by atoms with van der Waals surface area (Å²) in [4.78, 5) is 12.1. The van der Waals surface area contributed by atoms with Gasteiger partial charge in [-0.25, -0.2) is 0 Å². The van der Waals surface area contributed by atoms with Gasteiger partial charge in [0.25, 0.3) is 0 Å². The van der Waals surface area contributed by atoms with Gasteiger partial charge in [-0.15, -0.1) is 0 Å². The Labute approximate surface area is 111 Å². The van der Waals surface area contributed by atoms with Gasteiger partial charge in [0.05, 0.1) is 5.92 Å². The van der Waals surface area contributed by atoms with Crippen molar-refractivity contribution in [2.75, 3.05) is 0 Å². The molecular formula is C15H27NO2. The molecule has 1 aliphatic heterocycles. The molecule has 2 rings (SSSR count). The Morgan fingerprint density at radius 3 is 2.11 bits per heavy atom. The minimum absolute atomic E-state index is 0.0631. The summed E-state index contributed by atoms with van der Waals surface area (Å²) in [7, 11) is 0. The predicted octanol–water partition coefficient (Wildman–Crippen LogP) is 2.88. The molecule has 2 aliphatic rings. The first-order chi connectivity index (χ1) is 8.54. The van der Waals surface area contributed by atoms with Crippen molar-refractivity contribution in [3.63, 3.8) is 0 Å². The fourth-order valence-electron chi connectivity index (χ4n) is 3.36. The molecule has 3 nitrogen and oxygen atoms in total. The van der Waals surface area contributed by atoms with Gasteiger partial charge in [0.2, 0.25) is 0 Å². The van der Waals surface area contributed by atoms with E-state index in [1.165, 1.54) is 12.8 Å². The molecule has 2 atom stereocenters. The monoisotopic (exact) mass is 253 g/mol. The summed E-state index contributed by atoms with van der Waals surface area (Å²) in [6, 6.07) is 0.913. The molecule has 1 N–H and O–H groups in total. The van der Waals surface area contributed by atoms with Crippen molar-refractivity contribution in [1.29, 1.82) is 0 Å². The van der Waals surface area contributed by atoms with Crippen LogP contribution in [-0.4, -0.2) is 24.2 Å².